The fourth-order valence-electron chi connectivity index (χ4n) is 4.01. The van der Waals surface area contributed by atoms with Crippen LogP contribution in [-0.4, -0.2) is 4.31 Å². The number of hydrogen-bond acceptors (Lipinski definition) is 0. The number of allylic oxidation sites excluding steroid dienone is 2. The SMILES string of the molecule is C[CH]=[Ti]([Cl])([Cl])([CH]1C=Cc2ccccc21)[CH]1C=Cc2ccccc21. The monoisotopic (exact) mass is 376 g/mol. The Bertz CT molecular complexity index is 847. The Balaban J connectivity index is 1.92. The summed E-state index contributed by atoms with van der Waals surface area (Å²) < 4.78 is 2.36. The van der Waals surface area contributed by atoms with Gasteiger partial charge in [0.05, 0.1) is 0 Å². The summed E-state index contributed by atoms with van der Waals surface area (Å²) in [5, 5.41) is 0. The first-order valence-corrected chi connectivity index (χ1v) is 15.0. The molecule has 0 nitrogen and oxygen atoms in total. The van der Waals surface area contributed by atoms with Gasteiger partial charge in [0.25, 0.3) is 0 Å². The molecule has 2 atom stereocenters. The second-order valence-electron chi connectivity index (χ2n) is 6.45. The zero-order valence-corrected chi connectivity index (χ0v) is 16.0. The standard InChI is InChI=1S/2C9H7.C2H4.2ClH.Ti/c2*1-2-5-9-7-3-6-8(9)4-1;1-2;;;/h2*1-7H;1H,2H3;2*1H;/q;;;;;+2/p-2. The van der Waals surface area contributed by atoms with E-state index < -0.39 is 12.7 Å². The van der Waals surface area contributed by atoms with Gasteiger partial charge in [0.1, 0.15) is 0 Å². The topological polar surface area (TPSA) is 0 Å². The molecule has 0 fully saturated rings. The minimum absolute atomic E-state index is 0.109. The molecule has 2 aromatic carbocycles. The van der Waals surface area contributed by atoms with Crippen molar-refractivity contribution < 1.29 is 12.7 Å². The molecule has 0 N–H and O–H groups in total. The van der Waals surface area contributed by atoms with Crippen molar-refractivity contribution in [1.82, 2.24) is 0 Å². The molecule has 0 radical (unpaired) electrons. The van der Waals surface area contributed by atoms with Gasteiger partial charge in [0.2, 0.25) is 0 Å². The van der Waals surface area contributed by atoms with Crippen molar-refractivity contribution in [3.63, 3.8) is 0 Å². The van der Waals surface area contributed by atoms with Gasteiger partial charge in [-0.2, -0.15) is 0 Å². The van der Waals surface area contributed by atoms with Crippen molar-refractivity contribution in [3.05, 3.63) is 82.9 Å². The van der Waals surface area contributed by atoms with Gasteiger partial charge in [-0.05, 0) is 0 Å². The van der Waals surface area contributed by atoms with Crippen LogP contribution in [0, 0.1) is 0 Å². The van der Waals surface area contributed by atoms with E-state index in [4.69, 9.17) is 18.6 Å². The molecule has 0 saturated carbocycles. The first-order chi connectivity index (χ1) is 11.0. The van der Waals surface area contributed by atoms with Gasteiger partial charge in [-0.1, -0.05) is 0 Å². The van der Waals surface area contributed by atoms with Crippen molar-refractivity contribution in [2.45, 2.75) is 15.4 Å². The van der Waals surface area contributed by atoms with Crippen molar-refractivity contribution >= 4 is 35.1 Å². The second kappa shape index (κ2) is 5.29. The molecule has 0 bridgehead atoms. The number of halogens is 2. The molecular formula is C20H18Cl2Ti. The van der Waals surface area contributed by atoms with Crippen LogP contribution in [-0.2, 0) is 12.7 Å². The summed E-state index contributed by atoms with van der Waals surface area (Å²) in [5.74, 6) is 0. The summed E-state index contributed by atoms with van der Waals surface area (Å²) >= 11 is -4.04. The van der Waals surface area contributed by atoms with Crippen LogP contribution in [0.3, 0.4) is 0 Å². The maximum absolute atomic E-state index is 7.45. The third-order valence-corrected chi connectivity index (χ3v) is 18.0. The van der Waals surface area contributed by atoms with Crippen molar-refractivity contribution in [2.24, 2.45) is 0 Å². The first-order valence-electron chi connectivity index (χ1n) is 7.96. The van der Waals surface area contributed by atoms with E-state index >= 15 is 0 Å². The molecular weight excluding hydrogens is 359 g/mol. The molecule has 23 heavy (non-hydrogen) atoms. The average molecular weight is 377 g/mol. The van der Waals surface area contributed by atoms with E-state index in [1.54, 1.807) is 0 Å². The molecule has 2 aromatic rings. The Morgan fingerprint density at radius 1 is 0.783 bits per heavy atom. The number of rotatable bonds is 2. The third-order valence-electron chi connectivity index (χ3n) is 5.34. The molecule has 0 amide bonds. The Morgan fingerprint density at radius 3 is 1.65 bits per heavy atom. The maximum atomic E-state index is 7.45. The Morgan fingerprint density at radius 2 is 1.22 bits per heavy atom. The normalized spacial score (nSPS) is 22.1. The van der Waals surface area contributed by atoms with E-state index in [9.17, 15) is 0 Å². The fraction of sp³-hybridized carbons (Fsp3) is 0.150. The fourth-order valence-corrected chi connectivity index (χ4v) is 13.0. The molecule has 2 aliphatic carbocycles. The summed E-state index contributed by atoms with van der Waals surface area (Å²) in [6, 6.07) is 16.9. The van der Waals surface area contributed by atoms with Crippen molar-refractivity contribution in [2.75, 3.05) is 0 Å². The Kier molecular flexibility index (Phi) is 3.59. The number of benzene rings is 2. The van der Waals surface area contributed by atoms with Crippen LogP contribution in [0.5, 0.6) is 0 Å². The Labute approximate surface area is 145 Å². The van der Waals surface area contributed by atoms with E-state index in [2.05, 4.69) is 77.1 Å². The van der Waals surface area contributed by atoms with Crippen molar-refractivity contribution in [3.8, 4) is 0 Å². The summed E-state index contributed by atoms with van der Waals surface area (Å²) in [5.41, 5.74) is 5.02. The van der Waals surface area contributed by atoms with Crippen molar-refractivity contribution in [1.29, 1.82) is 0 Å². The van der Waals surface area contributed by atoms with Crippen LogP contribution in [0.1, 0.15) is 37.6 Å². The molecule has 2 unspecified atom stereocenters. The molecule has 0 aliphatic heterocycles. The van der Waals surface area contributed by atoms with Gasteiger partial charge < -0.3 is 0 Å². The molecule has 3 heteroatoms. The zero-order chi connectivity index (χ0) is 16.1. The summed E-state index contributed by atoms with van der Waals surface area (Å²) in [4.78, 5) is 0. The van der Waals surface area contributed by atoms with Crippen LogP contribution in [0.25, 0.3) is 12.2 Å². The molecule has 0 spiro atoms. The van der Waals surface area contributed by atoms with Gasteiger partial charge in [-0.3, -0.25) is 0 Å². The van der Waals surface area contributed by atoms with E-state index in [-0.39, 0.29) is 8.45 Å². The van der Waals surface area contributed by atoms with Gasteiger partial charge >= 0.3 is 146 Å². The van der Waals surface area contributed by atoms with E-state index in [1.165, 1.54) is 22.3 Å². The van der Waals surface area contributed by atoms with Crippen LogP contribution in [0.4, 0.5) is 0 Å². The van der Waals surface area contributed by atoms with Gasteiger partial charge in [-0.15, -0.1) is 0 Å². The number of hydrogen-bond donors (Lipinski definition) is 0. The molecule has 116 valence electrons. The van der Waals surface area contributed by atoms with E-state index in [0.29, 0.717) is 0 Å². The summed E-state index contributed by atoms with van der Waals surface area (Å²) in [7, 11) is 14.9. The predicted molar refractivity (Wildman–Crippen MR) is 99.9 cm³/mol. The third kappa shape index (κ3) is 2.20. The molecule has 4 rings (SSSR count). The van der Waals surface area contributed by atoms with Gasteiger partial charge in [0, 0.05) is 0 Å². The number of fused-ring (bicyclic) bond motifs is 2. The van der Waals surface area contributed by atoms with Crippen LogP contribution in [0.2, 0.25) is 0 Å². The average Bonchev–Trinajstić information content (AvgIpc) is 3.20. The second-order valence-corrected chi connectivity index (χ2v) is 20.9. The van der Waals surface area contributed by atoms with Gasteiger partial charge in [-0.25, -0.2) is 0 Å². The summed E-state index contributed by atoms with van der Waals surface area (Å²) in [6.07, 6.45) is 8.77. The minimum atomic E-state index is -4.04. The first kappa shape index (κ1) is 15.6. The quantitative estimate of drug-likeness (QED) is 0.536. The molecule has 2 aliphatic rings. The van der Waals surface area contributed by atoms with Gasteiger partial charge in [0.15, 0.2) is 0 Å². The van der Waals surface area contributed by atoms with Crippen LogP contribution < -0.4 is 0 Å². The molecule has 0 heterocycles. The predicted octanol–water partition coefficient (Wildman–Crippen LogP) is 6.34. The summed E-state index contributed by atoms with van der Waals surface area (Å²) in [6.45, 7) is 2.04. The van der Waals surface area contributed by atoms with E-state index in [1.807, 2.05) is 6.92 Å². The zero-order valence-electron chi connectivity index (χ0n) is 12.9. The van der Waals surface area contributed by atoms with Crippen LogP contribution >= 0.6 is 18.6 Å². The van der Waals surface area contributed by atoms with Crippen LogP contribution in [0.15, 0.2) is 60.7 Å². The molecule has 0 saturated heterocycles. The Hall–Kier alpha value is -0.916. The van der Waals surface area contributed by atoms with E-state index in [0.717, 1.165) is 0 Å². The molecule has 0 aromatic heterocycles.